The van der Waals surface area contributed by atoms with Crippen molar-refractivity contribution in [3.63, 3.8) is 0 Å². The van der Waals surface area contributed by atoms with Crippen molar-refractivity contribution in [3.8, 4) is 0 Å². The molecule has 0 radical (unpaired) electrons. The second-order valence-corrected chi connectivity index (χ2v) is 6.42. The van der Waals surface area contributed by atoms with E-state index in [1.54, 1.807) is 30.5 Å². The second kappa shape index (κ2) is 7.48. The molecular weight excluding hydrogens is 343 g/mol. The van der Waals surface area contributed by atoms with Gasteiger partial charge in [0.05, 0.1) is 11.4 Å². The zero-order chi connectivity index (χ0) is 17.8. The Labute approximate surface area is 147 Å². The standard InChI is InChI=1S/C18H15FN2O3S/c1-12-6-7-16-20-13(8-17(22)21(16)9-12)10-24-18(23)11-25-15-5-3-2-4-14(15)19/h2-9H,10-11H2,1H3. The Morgan fingerprint density at radius 1 is 1.28 bits per heavy atom. The summed E-state index contributed by atoms with van der Waals surface area (Å²) in [6.07, 6.45) is 1.70. The maximum Gasteiger partial charge on any atom is 0.316 e. The maximum atomic E-state index is 13.5. The fourth-order valence-corrected chi connectivity index (χ4v) is 2.96. The van der Waals surface area contributed by atoms with Crippen molar-refractivity contribution in [2.24, 2.45) is 0 Å². The lowest BCUT2D eigenvalue weighted by Crippen LogP contribution is -2.17. The molecule has 1 aromatic carbocycles. The molecule has 5 nitrogen and oxygen atoms in total. The number of carbonyl (C=O) groups excluding carboxylic acids is 1. The number of hydrogen-bond donors (Lipinski definition) is 0. The molecule has 25 heavy (non-hydrogen) atoms. The largest absolute Gasteiger partial charge is 0.459 e. The van der Waals surface area contributed by atoms with Gasteiger partial charge in [-0.25, -0.2) is 9.37 Å². The normalized spacial score (nSPS) is 10.8. The van der Waals surface area contributed by atoms with E-state index in [1.807, 2.05) is 13.0 Å². The molecule has 7 heteroatoms. The number of aryl methyl sites for hydroxylation is 1. The third kappa shape index (κ3) is 4.24. The van der Waals surface area contributed by atoms with Gasteiger partial charge in [0.15, 0.2) is 0 Å². The third-order valence-corrected chi connectivity index (χ3v) is 4.45. The SMILES string of the molecule is Cc1ccc2nc(COC(=O)CSc3ccccc3F)cc(=O)n2c1. The van der Waals surface area contributed by atoms with Gasteiger partial charge in [-0.15, -0.1) is 11.8 Å². The first kappa shape index (κ1) is 17.2. The Kier molecular flexibility index (Phi) is 5.14. The lowest BCUT2D eigenvalue weighted by Gasteiger charge is -2.07. The zero-order valence-corrected chi connectivity index (χ0v) is 14.3. The summed E-state index contributed by atoms with van der Waals surface area (Å²) in [5, 5.41) is 0. The average molecular weight is 358 g/mol. The molecule has 0 saturated carbocycles. The molecule has 3 aromatic rings. The number of ether oxygens (including phenoxy) is 1. The van der Waals surface area contributed by atoms with E-state index >= 15 is 0 Å². The van der Waals surface area contributed by atoms with Crippen molar-refractivity contribution >= 4 is 23.4 Å². The number of hydrogen-bond acceptors (Lipinski definition) is 5. The molecule has 0 amide bonds. The molecule has 2 heterocycles. The number of thioether (sulfide) groups is 1. The summed E-state index contributed by atoms with van der Waals surface area (Å²) in [4.78, 5) is 28.6. The van der Waals surface area contributed by atoms with E-state index in [1.165, 1.54) is 16.5 Å². The minimum absolute atomic E-state index is 0.0211. The summed E-state index contributed by atoms with van der Waals surface area (Å²) in [5.41, 5.74) is 1.57. The van der Waals surface area contributed by atoms with Crippen LogP contribution in [-0.2, 0) is 16.1 Å². The summed E-state index contributed by atoms with van der Waals surface area (Å²) >= 11 is 1.06. The second-order valence-electron chi connectivity index (χ2n) is 5.40. The molecule has 2 aromatic heterocycles. The molecule has 0 atom stereocenters. The van der Waals surface area contributed by atoms with Crippen LogP contribution in [0.25, 0.3) is 5.65 Å². The molecule has 0 aliphatic rings. The monoisotopic (exact) mass is 358 g/mol. The van der Waals surface area contributed by atoms with Gasteiger partial charge in [0.25, 0.3) is 5.56 Å². The number of nitrogens with zero attached hydrogens (tertiary/aromatic N) is 2. The average Bonchev–Trinajstić information content (AvgIpc) is 2.60. The van der Waals surface area contributed by atoms with E-state index < -0.39 is 5.97 Å². The Morgan fingerprint density at radius 3 is 2.88 bits per heavy atom. The molecule has 0 aliphatic heterocycles. The van der Waals surface area contributed by atoms with E-state index in [2.05, 4.69) is 4.98 Å². The minimum atomic E-state index is -0.501. The quantitative estimate of drug-likeness (QED) is 0.518. The van der Waals surface area contributed by atoms with Gasteiger partial charge in [0.2, 0.25) is 0 Å². The molecular formula is C18H15FN2O3S. The summed E-state index contributed by atoms with van der Waals surface area (Å²) in [5.74, 6) is -0.897. The number of pyridine rings is 1. The molecule has 0 saturated heterocycles. The highest BCUT2D eigenvalue weighted by atomic mass is 32.2. The van der Waals surface area contributed by atoms with E-state index in [0.717, 1.165) is 17.3 Å². The van der Waals surface area contributed by atoms with Crippen LogP contribution in [0.15, 0.2) is 58.4 Å². The Hall–Kier alpha value is -2.67. The maximum absolute atomic E-state index is 13.5. The van der Waals surface area contributed by atoms with Crippen LogP contribution < -0.4 is 5.56 Å². The van der Waals surface area contributed by atoms with Gasteiger partial charge < -0.3 is 4.74 Å². The van der Waals surface area contributed by atoms with Crippen molar-refractivity contribution in [2.45, 2.75) is 18.4 Å². The fourth-order valence-electron chi connectivity index (χ4n) is 2.23. The van der Waals surface area contributed by atoms with Crippen LogP contribution in [-0.4, -0.2) is 21.1 Å². The van der Waals surface area contributed by atoms with Gasteiger partial charge in [-0.2, -0.15) is 0 Å². The van der Waals surface area contributed by atoms with Crippen LogP contribution in [0, 0.1) is 12.7 Å². The van der Waals surface area contributed by atoms with Crippen LogP contribution in [0.5, 0.6) is 0 Å². The smallest absolute Gasteiger partial charge is 0.316 e. The summed E-state index contributed by atoms with van der Waals surface area (Å²) < 4.78 is 20.1. The highest BCUT2D eigenvalue weighted by molar-refractivity contribution is 8.00. The fraction of sp³-hybridized carbons (Fsp3) is 0.167. The van der Waals surface area contributed by atoms with Crippen molar-refractivity contribution in [1.29, 1.82) is 0 Å². The Bertz CT molecular complexity index is 987. The lowest BCUT2D eigenvalue weighted by molar-refractivity contribution is -0.141. The van der Waals surface area contributed by atoms with E-state index in [9.17, 15) is 14.0 Å². The number of aromatic nitrogens is 2. The molecule has 128 valence electrons. The van der Waals surface area contributed by atoms with Crippen LogP contribution in [0.2, 0.25) is 0 Å². The zero-order valence-electron chi connectivity index (χ0n) is 13.4. The molecule has 0 fully saturated rings. The summed E-state index contributed by atoms with van der Waals surface area (Å²) in [7, 11) is 0. The van der Waals surface area contributed by atoms with Crippen LogP contribution in [0.3, 0.4) is 0 Å². The van der Waals surface area contributed by atoms with Crippen molar-refractivity contribution in [2.75, 3.05) is 5.75 Å². The first-order valence-corrected chi connectivity index (χ1v) is 8.53. The first-order valence-electron chi connectivity index (χ1n) is 7.55. The highest BCUT2D eigenvalue weighted by Crippen LogP contribution is 2.21. The minimum Gasteiger partial charge on any atom is -0.459 e. The third-order valence-electron chi connectivity index (χ3n) is 3.42. The van der Waals surface area contributed by atoms with Gasteiger partial charge >= 0.3 is 5.97 Å². The molecule has 0 unspecified atom stereocenters. The molecule has 3 rings (SSSR count). The summed E-state index contributed by atoms with van der Waals surface area (Å²) in [6.45, 7) is 1.78. The first-order chi connectivity index (χ1) is 12.0. The van der Waals surface area contributed by atoms with Crippen LogP contribution >= 0.6 is 11.8 Å². The van der Waals surface area contributed by atoms with Crippen LogP contribution in [0.1, 0.15) is 11.3 Å². The van der Waals surface area contributed by atoms with Crippen molar-refractivity contribution in [3.05, 3.63) is 76.1 Å². The summed E-state index contributed by atoms with van der Waals surface area (Å²) in [6, 6.07) is 11.1. The molecule has 0 aliphatic carbocycles. The van der Waals surface area contributed by atoms with E-state index in [-0.39, 0.29) is 23.7 Å². The topological polar surface area (TPSA) is 60.7 Å². The Balaban J connectivity index is 1.62. The van der Waals surface area contributed by atoms with Crippen molar-refractivity contribution in [1.82, 2.24) is 9.38 Å². The highest BCUT2D eigenvalue weighted by Gasteiger charge is 2.09. The van der Waals surface area contributed by atoms with Gasteiger partial charge in [0.1, 0.15) is 18.1 Å². The van der Waals surface area contributed by atoms with Crippen LogP contribution in [0.4, 0.5) is 4.39 Å². The predicted octanol–water partition coefficient (Wildman–Crippen LogP) is 2.98. The van der Waals surface area contributed by atoms with Gasteiger partial charge in [0, 0.05) is 17.2 Å². The van der Waals surface area contributed by atoms with Crippen molar-refractivity contribution < 1.29 is 13.9 Å². The van der Waals surface area contributed by atoms with E-state index in [0.29, 0.717) is 16.2 Å². The van der Waals surface area contributed by atoms with Gasteiger partial charge in [-0.1, -0.05) is 18.2 Å². The van der Waals surface area contributed by atoms with E-state index in [4.69, 9.17) is 4.74 Å². The predicted molar refractivity (Wildman–Crippen MR) is 93.1 cm³/mol. The lowest BCUT2D eigenvalue weighted by atomic mass is 10.3. The Morgan fingerprint density at radius 2 is 2.08 bits per heavy atom. The number of benzene rings is 1. The number of carbonyl (C=O) groups is 1. The number of rotatable bonds is 5. The number of esters is 1. The number of halogens is 1. The number of fused-ring (bicyclic) bond motifs is 1. The molecule has 0 bridgehead atoms. The van der Waals surface area contributed by atoms with Gasteiger partial charge in [-0.05, 0) is 30.7 Å². The van der Waals surface area contributed by atoms with Gasteiger partial charge in [-0.3, -0.25) is 14.0 Å². The molecule has 0 spiro atoms. The molecule has 0 N–H and O–H groups in total.